The maximum atomic E-state index is 5.85. The molecular weight excluding hydrogens is 288 g/mol. The van der Waals surface area contributed by atoms with Crippen molar-refractivity contribution in [2.24, 2.45) is 0 Å². The van der Waals surface area contributed by atoms with Crippen LogP contribution in [0.3, 0.4) is 0 Å². The maximum Gasteiger partial charge on any atom is 0.161 e. The number of methoxy groups -OCH3 is 1. The quantitative estimate of drug-likeness (QED) is 0.722. The zero-order chi connectivity index (χ0) is 16.1. The Balaban J connectivity index is 1.32. The number of nitrogens with zero attached hydrogens (tertiary/aromatic N) is 2. The number of hydrogen-bond donors (Lipinski definition) is 0. The van der Waals surface area contributed by atoms with Crippen LogP contribution in [0.25, 0.3) is 0 Å². The van der Waals surface area contributed by atoms with Crippen LogP contribution in [0.2, 0.25) is 0 Å². The van der Waals surface area contributed by atoms with Crippen molar-refractivity contribution in [3.05, 3.63) is 24.3 Å². The number of para-hydroxylation sites is 2. The van der Waals surface area contributed by atoms with Crippen LogP contribution in [0.15, 0.2) is 24.3 Å². The number of benzene rings is 1. The highest BCUT2D eigenvalue weighted by Gasteiger charge is 2.34. The summed E-state index contributed by atoms with van der Waals surface area (Å²) < 4.78 is 11.2. The van der Waals surface area contributed by atoms with Crippen LogP contribution < -0.4 is 9.47 Å². The number of hydrogen-bond acceptors (Lipinski definition) is 4. The van der Waals surface area contributed by atoms with Crippen molar-refractivity contribution >= 4 is 0 Å². The highest BCUT2D eigenvalue weighted by Crippen LogP contribution is 2.26. The third-order valence-electron chi connectivity index (χ3n) is 5.21. The van der Waals surface area contributed by atoms with E-state index in [2.05, 4.69) is 16.7 Å². The van der Waals surface area contributed by atoms with Gasteiger partial charge in [-0.25, -0.2) is 0 Å². The van der Waals surface area contributed by atoms with Gasteiger partial charge in [0.25, 0.3) is 0 Å². The van der Waals surface area contributed by atoms with E-state index in [1.54, 1.807) is 7.11 Å². The molecule has 2 heterocycles. The highest BCUT2D eigenvalue weighted by molar-refractivity contribution is 5.39. The van der Waals surface area contributed by atoms with Crippen LogP contribution >= 0.6 is 0 Å². The van der Waals surface area contributed by atoms with Crippen LogP contribution in [0, 0.1) is 0 Å². The third-order valence-corrected chi connectivity index (χ3v) is 5.21. The van der Waals surface area contributed by atoms with Gasteiger partial charge in [-0.15, -0.1) is 0 Å². The minimum absolute atomic E-state index is 0.752. The van der Waals surface area contributed by atoms with Crippen molar-refractivity contribution in [3.63, 3.8) is 0 Å². The van der Waals surface area contributed by atoms with E-state index in [0.29, 0.717) is 0 Å². The lowest BCUT2D eigenvalue weighted by molar-refractivity contribution is -0.00384. The molecule has 2 aliphatic heterocycles. The Kier molecular flexibility index (Phi) is 5.79. The number of likely N-dealkylation sites (tertiary alicyclic amines) is 2. The van der Waals surface area contributed by atoms with E-state index in [0.717, 1.165) is 43.2 Å². The SMILES string of the molecule is COc1ccccc1OCCCN1CC(N2CCCC[C@H]2C)C1. The first-order valence-electron chi connectivity index (χ1n) is 9.02. The standard InChI is InChI=1S/C19H30N2O2/c1-16-8-5-6-12-21(16)17-14-20(15-17)11-7-13-23-19-10-4-3-9-18(19)22-2/h3-4,9-10,16-17H,5-8,11-15H2,1-2H3/t16-/m1/s1. The van der Waals surface area contributed by atoms with Crippen LogP contribution in [0.4, 0.5) is 0 Å². The molecule has 0 saturated carbocycles. The zero-order valence-corrected chi connectivity index (χ0v) is 14.5. The highest BCUT2D eigenvalue weighted by atomic mass is 16.5. The molecule has 2 aliphatic rings. The molecule has 0 N–H and O–H groups in total. The molecule has 1 atom stereocenters. The smallest absolute Gasteiger partial charge is 0.161 e. The second-order valence-electron chi connectivity index (χ2n) is 6.85. The van der Waals surface area contributed by atoms with Crippen molar-refractivity contribution in [3.8, 4) is 11.5 Å². The first-order valence-corrected chi connectivity index (χ1v) is 9.02. The second kappa shape index (κ2) is 8.02. The van der Waals surface area contributed by atoms with Gasteiger partial charge < -0.3 is 9.47 Å². The third kappa shape index (κ3) is 4.18. The molecule has 2 saturated heterocycles. The Labute approximate surface area is 140 Å². The van der Waals surface area contributed by atoms with Gasteiger partial charge in [0.1, 0.15) is 0 Å². The summed E-state index contributed by atoms with van der Waals surface area (Å²) in [6.45, 7) is 8.05. The fourth-order valence-electron chi connectivity index (χ4n) is 3.81. The van der Waals surface area contributed by atoms with E-state index in [9.17, 15) is 0 Å². The largest absolute Gasteiger partial charge is 0.493 e. The lowest BCUT2D eigenvalue weighted by atomic mass is 9.97. The topological polar surface area (TPSA) is 24.9 Å². The van der Waals surface area contributed by atoms with Gasteiger partial charge in [0, 0.05) is 31.7 Å². The first-order chi connectivity index (χ1) is 11.3. The molecule has 3 rings (SSSR count). The normalized spacial score (nSPS) is 23.5. The Bertz CT molecular complexity index is 488. The average molecular weight is 318 g/mol. The summed E-state index contributed by atoms with van der Waals surface area (Å²) in [5.74, 6) is 1.66. The van der Waals surface area contributed by atoms with Crippen molar-refractivity contribution in [2.75, 3.05) is 39.9 Å². The van der Waals surface area contributed by atoms with Gasteiger partial charge in [-0.05, 0) is 44.9 Å². The lowest BCUT2D eigenvalue weighted by Crippen LogP contribution is -2.62. The number of piperidine rings is 1. The summed E-state index contributed by atoms with van der Waals surface area (Å²) in [5, 5.41) is 0. The van der Waals surface area contributed by atoms with E-state index in [1.807, 2.05) is 24.3 Å². The molecule has 0 bridgehead atoms. The predicted molar refractivity (Wildman–Crippen MR) is 93.4 cm³/mol. The summed E-state index contributed by atoms with van der Waals surface area (Å²) in [7, 11) is 1.68. The second-order valence-corrected chi connectivity index (χ2v) is 6.85. The van der Waals surface area contributed by atoms with Gasteiger partial charge in [-0.2, -0.15) is 0 Å². The molecule has 0 aliphatic carbocycles. The monoisotopic (exact) mass is 318 g/mol. The van der Waals surface area contributed by atoms with Crippen LogP contribution in [0.1, 0.15) is 32.6 Å². The number of ether oxygens (including phenoxy) is 2. The molecule has 128 valence electrons. The van der Waals surface area contributed by atoms with E-state index < -0.39 is 0 Å². The Morgan fingerprint density at radius 2 is 1.91 bits per heavy atom. The summed E-state index contributed by atoms with van der Waals surface area (Å²) in [6.07, 6.45) is 5.24. The molecule has 1 aromatic rings. The Morgan fingerprint density at radius 1 is 1.13 bits per heavy atom. The van der Waals surface area contributed by atoms with E-state index in [1.165, 1.54) is 38.9 Å². The molecule has 23 heavy (non-hydrogen) atoms. The summed E-state index contributed by atoms with van der Waals surface area (Å²) in [5.41, 5.74) is 0. The maximum absolute atomic E-state index is 5.85. The number of rotatable bonds is 7. The molecular formula is C19H30N2O2. The minimum Gasteiger partial charge on any atom is -0.493 e. The minimum atomic E-state index is 0.752. The molecule has 4 nitrogen and oxygen atoms in total. The van der Waals surface area contributed by atoms with Crippen molar-refractivity contribution < 1.29 is 9.47 Å². The molecule has 1 aromatic carbocycles. The Morgan fingerprint density at radius 3 is 2.65 bits per heavy atom. The first kappa shape index (κ1) is 16.6. The fraction of sp³-hybridized carbons (Fsp3) is 0.684. The van der Waals surface area contributed by atoms with Gasteiger partial charge in [0.05, 0.1) is 13.7 Å². The fourth-order valence-corrected chi connectivity index (χ4v) is 3.81. The molecule has 0 unspecified atom stereocenters. The Hall–Kier alpha value is -1.26. The van der Waals surface area contributed by atoms with Crippen molar-refractivity contribution in [1.82, 2.24) is 9.80 Å². The molecule has 2 fully saturated rings. The van der Waals surface area contributed by atoms with Gasteiger partial charge in [-0.3, -0.25) is 9.80 Å². The zero-order valence-electron chi connectivity index (χ0n) is 14.5. The van der Waals surface area contributed by atoms with Crippen LogP contribution in [-0.2, 0) is 0 Å². The van der Waals surface area contributed by atoms with Gasteiger partial charge >= 0.3 is 0 Å². The summed E-state index contributed by atoms with van der Waals surface area (Å²) in [4.78, 5) is 5.28. The summed E-state index contributed by atoms with van der Waals surface area (Å²) >= 11 is 0. The molecule has 0 spiro atoms. The van der Waals surface area contributed by atoms with E-state index in [4.69, 9.17) is 9.47 Å². The van der Waals surface area contributed by atoms with E-state index >= 15 is 0 Å². The van der Waals surface area contributed by atoms with Gasteiger partial charge in [0.15, 0.2) is 11.5 Å². The average Bonchev–Trinajstić information content (AvgIpc) is 2.54. The van der Waals surface area contributed by atoms with Gasteiger partial charge in [0.2, 0.25) is 0 Å². The molecule has 4 heteroatoms. The lowest BCUT2D eigenvalue weighted by Gasteiger charge is -2.49. The molecule has 0 radical (unpaired) electrons. The van der Waals surface area contributed by atoms with E-state index in [-0.39, 0.29) is 0 Å². The van der Waals surface area contributed by atoms with Crippen molar-refractivity contribution in [1.29, 1.82) is 0 Å². The predicted octanol–water partition coefficient (Wildman–Crippen LogP) is 3.02. The van der Waals surface area contributed by atoms with Crippen molar-refractivity contribution in [2.45, 2.75) is 44.7 Å². The molecule has 0 aromatic heterocycles. The van der Waals surface area contributed by atoms with Gasteiger partial charge in [-0.1, -0.05) is 18.6 Å². The van der Waals surface area contributed by atoms with Crippen LogP contribution in [0.5, 0.6) is 11.5 Å². The van der Waals surface area contributed by atoms with Crippen LogP contribution in [-0.4, -0.2) is 61.8 Å². The summed E-state index contributed by atoms with van der Waals surface area (Å²) in [6, 6.07) is 9.43. The molecule has 0 amide bonds.